The van der Waals surface area contributed by atoms with Gasteiger partial charge in [0.2, 0.25) is 0 Å². The summed E-state index contributed by atoms with van der Waals surface area (Å²) in [6, 6.07) is 8.05. The van der Waals surface area contributed by atoms with Crippen molar-refractivity contribution in [2.24, 2.45) is 5.92 Å². The summed E-state index contributed by atoms with van der Waals surface area (Å²) in [7, 11) is 0. The minimum Gasteiger partial charge on any atom is -0.392 e. The van der Waals surface area contributed by atoms with Gasteiger partial charge >= 0.3 is 0 Å². The van der Waals surface area contributed by atoms with Gasteiger partial charge in [-0.25, -0.2) is 4.98 Å². The third-order valence-corrected chi connectivity index (χ3v) is 4.62. The first-order valence-corrected chi connectivity index (χ1v) is 8.14. The molecule has 1 aliphatic heterocycles. The molecule has 122 valence electrons. The highest BCUT2D eigenvalue weighted by molar-refractivity contribution is 6.32. The molecule has 23 heavy (non-hydrogen) atoms. The van der Waals surface area contributed by atoms with E-state index < -0.39 is 0 Å². The van der Waals surface area contributed by atoms with Crippen molar-refractivity contribution >= 4 is 17.4 Å². The van der Waals surface area contributed by atoms with E-state index in [1.54, 1.807) is 6.92 Å². The number of nitrogens with zero attached hydrogens (tertiary/aromatic N) is 2. The minimum atomic E-state index is -0.280. The molecule has 1 aromatic carbocycles. The Labute approximate surface area is 139 Å². The van der Waals surface area contributed by atoms with Crippen LogP contribution in [0, 0.1) is 12.8 Å². The largest absolute Gasteiger partial charge is 0.392 e. The van der Waals surface area contributed by atoms with E-state index in [0.717, 1.165) is 31.5 Å². The molecule has 0 bridgehead atoms. The van der Waals surface area contributed by atoms with Crippen LogP contribution >= 0.6 is 11.6 Å². The van der Waals surface area contributed by atoms with Gasteiger partial charge in [0, 0.05) is 13.1 Å². The highest BCUT2D eigenvalue weighted by Crippen LogP contribution is 2.28. The SMILES string of the molecule is Cc1nc(N2CCC(Cc3ccc(CO)cc3)C2)c(Cl)c(=O)[nH]1. The molecule has 5 nitrogen and oxygen atoms in total. The second-order valence-electron chi connectivity index (χ2n) is 6.07. The van der Waals surface area contributed by atoms with Gasteiger partial charge in [-0.3, -0.25) is 4.79 Å². The number of aryl methyl sites for hydroxylation is 1. The molecule has 0 aliphatic carbocycles. The highest BCUT2D eigenvalue weighted by Gasteiger charge is 2.26. The third-order valence-electron chi connectivity index (χ3n) is 4.28. The molecule has 6 heteroatoms. The standard InChI is InChI=1S/C17H20ClN3O2/c1-11-19-16(15(18)17(23)20-11)21-7-6-14(9-21)8-12-2-4-13(10-22)5-3-12/h2-5,14,22H,6-10H2,1H3,(H,19,20,23). The molecule has 1 saturated heterocycles. The number of hydrogen-bond donors (Lipinski definition) is 2. The van der Waals surface area contributed by atoms with Crippen molar-refractivity contribution in [3.8, 4) is 0 Å². The van der Waals surface area contributed by atoms with Crippen LogP contribution in [0.2, 0.25) is 5.02 Å². The van der Waals surface area contributed by atoms with E-state index >= 15 is 0 Å². The molecule has 1 aliphatic rings. The molecule has 0 saturated carbocycles. The molecule has 0 radical (unpaired) electrons. The average molecular weight is 334 g/mol. The van der Waals surface area contributed by atoms with Crippen LogP contribution in [0.25, 0.3) is 0 Å². The van der Waals surface area contributed by atoms with Crippen LogP contribution in [0.1, 0.15) is 23.4 Å². The maximum atomic E-state index is 11.8. The van der Waals surface area contributed by atoms with Crippen molar-refractivity contribution < 1.29 is 5.11 Å². The van der Waals surface area contributed by atoms with Gasteiger partial charge < -0.3 is 15.0 Å². The topological polar surface area (TPSA) is 69.2 Å². The van der Waals surface area contributed by atoms with E-state index in [2.05, 4.69) is 27.0 Å². The number of aliphatic hydroxyl groups excluding tert-OH is 1. The first kappa shape index (κ1) is 16.0. The summed E-state index contributed by atoms with van der Waals surface area (Å²) < 4.78 is 0. The van der Waals surface area contributed by atoms with Gasteiger partial charge in [0.25, 0.3) is 5.56 Å². The Morgan fingerprint density at radius 3 is 2.74 bits per heavy atom. The fraction of sp³-hybridized carbons (Fsp3) is 0.412. The summed E-state index contributed by atoms with van der Waals surface area (Å²) in [6.45, 7) is 3.54. The van der Waals surface area contributed by atoms with Crippen molar-refractivity contribution in [2.45, 2.75) is 26.4 Å². The Morgan fingerprint density at radius 1 is 1.35 bits per heavy atom. The van der Waals surface area contributed by atoms with Crippen LogP contribution < -0.4 is 10.5 Å². The number of nitrogens with one attached hydrogen (secondary N) is 1. The Bertz CT molecular complexity index is 742. The Balaban J connectivity index is 1.70. The zero-order chi connectivity index (χ0) is 16.4. The maximum Gasteiger partial charge on any atom is 0.271 e. The lowest BCUT2D eigenvalue weighted by molar-refractivity contribution is 0.282. The summed E-state index contributed by atoms with van der Waals surface area (Å²) in [5.41, 5.74) is 1.91. The number of aromatic nitrogens is 2. The van der Waals surface area contributed by atoms with Gasteiger partial charge in [-0.2, -0.15) is 0 Å². The normalized spacial score (nSPS) is 17.7. The van der Waals surface area contributed by atoms with Crippen molar-refractivity contribution in [1.82, 2.24) is 9.97 Å². The lowest BCUT2D eigenvalue weighted by Crippen LogP contribution is -2.25. The molecule has 1 atom stereocenters. The zero-order valence-electron chi connectivity index (χ0n) is 13.1. The van der Waals surface area contributed by atoms with Gasteiger partial charge in [-0.05, 0) is 36.8 Å². The second-order valence-corrected chi connectivity index (χ2v) is 6.45. The number of hydrogen-bond acceptors (Lipinski definition) is 4. The Kier molecular flexibility index (Phi) is 4.68. The summed E-state index contributed by atoms with van der Waals surface area (Å²) in [5.74, 6) is 1.68. The van der Waals surface area contributed by atoms with E-state index in [1.165, 1.54) is 5.56 Å². The molecule has 1 fully saturated rings. The van der Waals surface area contributed by atoms with Crippen LogP contribution in [0.4, 0.5) is 5.82 Å². The molecule has 1 unspecified atom stereocenters. The average Bonchev–Trinajstić information content (AvgIpc) is 3.00. The smallest absolute Gasteiger partial charge is 0.271 e. The molecule has 2 aromatic rings. The van der Waals surface area contributed by atoms with Gasteiger partial charge in [-0.15, -0.1) is 0 Å². The van der Waals surface area contributed by atoms with Crippen LogP contribution in [-0.4, -0.2) is 28.2 Å². The maximum absolute atomic E-state index is 11.8. The van der Waals surface area contributed by atoms with E-state index in [9.17, 15) is 4.79 Å². The number of anilines is 1. The molecular weight excluding hydrogens is 314 g/mol. The number of aromatic amines is 1. The lowest BCUT2D eigenvalue weighted by Gasteiger charge is -2.19. The van der Waals surface area contributed by atoms with E-state index in [-0.39, 0.29) is 17.2 Å². The predicted octanol–water partition coefficient (Wildman–Crippen LogP) is 2.29. The molecule has 0 spiro atoms. The van der Waals surface area contributed by atoms with Crippen LogP contribution in [0.3, 0.4) is 0 Å². The fourth-order valence-electron chi connectivity index (χ4n) is 3.07. The monoisotopic (exact) mass is 333 g/mol. The summed E-state index contributed by atoms with van der Waals surface area (Å²) >= 11 is 6.11. The van der Waals surface area contributed by atoms with Crippen LogP contribution in [-0.2, 0) is 13.0 Å². The number of rotatable bonds is 4. The first-order chi connectivity index (χ1) is 11.1. The first-order valence-electron chi connectivity index (χ1n) is 7.77. The number of aliphatic hydroxyl groups is 1. The Hall–Kier alpha value is -1.85. The summed E-state index contributed by atoms with van der Waals surface area (Å²) in [6.07, 6.45) is 2.02. The number of benzene rings is 1. The van der Waals surface area contributed by atoms with E-state index in [0.29, 0.717) is 17.6 Å². The van der Waals surface area contributed by atoms with Crippen LogP contribution in [0.5, 0.6) is 0 Å². The van der Waals surface area contributed by atoms with Crippen molar-refractivity contribution in [2.75, 3.05) is 18.0 Å². The molecule has 2 heterocycles. The van der Waals surface area contributed by atoms with Crippen molar-refractivity contribution in [3.05, 3.63) is 56.6 Å². The fourth-order valence-corrected chi connectivity index (χ4v) is 3.28. The molecule has 3 rings (SSSR count). The lowest BCUT2D eigenvalue weighted by atomic mass is 9.98. The van der Waals surface area contributed by atoms with Gasteiger partial charge in [-0.1, -0.05) is 35.9 Å². The van der Waals surface area contributed by atoms with E-state index in [1.807, 2.05) is 12.1 Å². The van der Waals surface area contributed by atoms with Crippen molar-refractivity contribution in [1.29, 1.82) is 0 Å². The van der Waals surface area contributed by atoms with Crippen molar-refractivity contribution in [3.63, 3.8) is 0 Å². The van der Waals surface area contributed by atoms with Gasteiger partial charge in [0.1, 0.15) is 10.8 Å². The minimum absolute atomic E-state index is 0.0730. The highest BCUT2D eigenvalue weighted by atomic mass is 35.5. The predicted molar refractivity (Wildman–Crippen MR) is 91.0 cm³/mol. The molecule has 1 aromatic heterocycles. The second kappa shape index (κ2) is 6.72. The molecule has 2 N–H and O–H groups in total. The summed E-state index contributed by atoms with van der Waals surface area (Å²) in [5, 5.41) is 9.26. The number of halogens is 1. The quantitative estimate of drug-likeness (QED) is 0.900. The van der Waals surface area contributed by atoms with E-state index in [4.69, 9.17) is 16.7 Å². The van der Waals surface area contributed by atoms with Gasteiger partial charge in [0.05, 0.1) is 6.61 Å². The van der Waals surface area contributed by atoms with Crippen LogP contribution in [0.15, 0.2) is 29.1 Å². The number of H-pyrrole nitrogens is 1. The third kappa shape index (κ3) is 3.57. The van der Waals surface area contributed by atoms with Gasteiger partial charge in [0.15, 0.2) is 5.82 Å². The Morgan fingerprint density at radius 2 is 2.04 bits per heavy atom. The summed E-state index contributed by atoms with van der Waals surface area (Å²) in [4.78, 5) is 20.9. The molecule has 0 amide bonds. The molecular formula is C17H20ClN3O2. The zero-order valence-corrected chi connectivity index (χ0v) is 13.8.